The molecule has 8 heteroatoms. The Kier molecular flexibility index (Phi) is 6.33. The van der Waals surface area contributed by atoms with Crippen LogP contribution in [0.3, 0.4) is 0 Å². The molecule has 2 aromatic heterocycles. The van der Waals surface area contributed by atoms with E-state index in [-0.39, 0.29) is 30.7 Å². The first kappa shape index (κ1) is 20.7. The van der Waals surface area contributed by atoms with Crippen molar-refractivity contribution in [2.45, 2.75) is 44.2 Å². The standard InChI is InChI=1S/C20H22N4O2.2ClH/c25-19(10-12-8-13-3-4-14(9-12)21-13)22-15-5-6-16-17(11-15)24-20(23-16)18-2-1-7-26-18;;/h1-2,5-7,11-14,21H,3-4,8-10H2,(H,22,25)(H,23,24);2*1H. The molecule has 28 heavy (non-hydrogen) atoms. The van der Waals surface area contributed by atoms with E-state index in [1.54, 1.807) is 6.26 Å². The molecule has 5 rings (SSSR count). The molecule has 2 unspecified atom stereocenters. The van der Waals surface area contributed by atoms with Gasteiger partial charge in [0.05, 0.1) is 17.3 Å². The first-order valence-corrected chi connectivity index (χ1v) is 9.32. The zero-order valence-electron chi connectivity index (χ0n) is 15.3. The topological polar surface area (TPSA) is 82.9 Å². The summed E-state index contributed by atoms with van der Waals surface area (Å²) < 4.78 is 5.38. The van der Waals surface area contributed by atoms with E-state index >= 15 is 0 Å². The van der Waals surface area contributed by atoms with Gasteiger partial charge in [-0.25, -0.2) is 4.98 Å². The number of rotatable bonds is 4. The molecular formula is C20H24Cl2N4O2. The maximum Gasteiger partial charge on any atom is 0.224 e. The lowest BCUT2D eigenvalue weighted by atomic mass is 9.89. The van der Waals surface area contributed by atoms with E-state index in [0.717, 1.165) is 29.6 Å². The lowest BCUT2D eigenvalue weighted by molar-refractivity contribution is -0.117. The zero-order chi connectivity index (χ0) is 17.5. The van der Waals surface area contributed by atoms with Gasteiger partial charge in [0.25, 0.3) is 0 Å². The lowest BCUT2D eigenvalue weighted by Gasteiger charge is -2.28. The fraction of sp³-hybridized carbons (Fsp3) is 0.400. The Morgan fingerprint density at radius 2 is 1.96 bits per heavy atom. The van der Waals surface area contributed by atoms with Crippen LogP contribution >= 0.6 is 24.8 Å². The third-order valence-corrected chi connectivity index (χ3v) is 5.56. The summed E-state index contributed by atoms with van der Waals surface area (Å²) in [6.45, 7) is 0. The number of halogens is 2. The van der Waals surface area contributed by atoms with Crippen LogP contribution in [0.15, 0.2) is 41.0 Å². The molecule has 2 aliphatic heterocycles. The van der Waals surface area contributed by atoms with Gasteiger partial charge in [0, 0.05) is 24.2 Å². The van der Waals surface area contributed by atoms with Crippen LogP contribution in [-0.2, 0) is 4.79 Å². The Morgan fingerprint density at radius 1 is 1.18 bits per heavy atom. The van der Waals surface area contributed by atoms with Crippen molar-refractivity contribution >= 4 is 47.4 Å². The molecule has 2 aliphatic rings. The van der Waals surface area contributed by atoms with Crippen LogP contribution < -0.4 is 10.6 Å². The molecule has 2 bridgehead atoms. The minimum absolute atomic E-state index is 0. The van der Waals surface area contributed by atoms with Crippen molar-refractivity contribution in [3.05, 3.63) is 36.6 Å². The van der Waals surface area contributed by atoms with Crippen molar-refractivity contribution in [3.63, 3.8) is 0 Å². The Bertz CT molecular complexity index is 929. The molecule has 1 amide bonds. The summed E-state index contributed by atoms with van der Waals surface area (Å²) in [6.07, 6.45) is 7.00. The number of imidazole rings is 1. The number of aromatic nitrogens is 2. The average Bonchev–Trinajstić information content (AvgIpc) is 3.34. The second-order valence-corrected chi connectivity index (χ2v) is 7.52. The van der Waals surface area contributed by atoms with E-state index in [0.29, 0.717) is 36.0 Å². The average molecular weight is 423 g/mol. The summed E-state index contributed by atoms with van der Waals surface area (Å²) in [5.41, 5.74) is 2.53. The van der Waals surface area contributed by atoms with Gasteiger partial charge in [-0.2, -0.15) is 0 Å². The quantitative estimate of drug-likeness (QED) is 0.576. The summed E-state index contributed by atoms with van der Waals surface area (Å²) in [6, 6.07) is 10.7. The molecule has 0 radical (unpaired) electrons. The normalized spacial score (nSPS) is 23.1. The molecule has 0 aliphatic carbocycles. The van der Waals surface area contributed by atoms with E-state index in [1.807, 2.05) is 30.3 Å². The summed E-state index contributed by atoms with van der Waals surface area (Å²) in [5, 5.41) is 6.67. The molecule has 150 valence electrons. The van der Waals surface area contributed by atoms with Crippen LogP contribution in [-0.4, -0.2) is 28.0 Å². The van der Waals surface area contributed by atoms with Gasteiger partial charge in [0.2, 0.25) is 5.91 Å². The fourth-order valence-corrected chi connectivity index (χ4v) is 4.43. The molecule has 1 aromatic carbocycles. The van der Waals surface area contributed by atoms with Crippen LogP contribution in [0.1, 0.15) is 32.1 Å². The first-order valence-electron chi connectivity index (χ1n) is 9.32. The van der Waals surface area contributed by atoms with Crippen molar-refractivity contribution in [1.29, 1.82) is 0 Å². The van der Waals surface area contributed by atoms with E-state index in [9.17, 15) is 4.79 Å². The zero-order valence-corrected chi connectivity index (χ0v) is 16.9. The maximum atomic E-state index is 12.5. The molecule has 2 fully saturated rings. The SMILES string of the molecule is Cl.Cl.O=C(CC1CC2CCC(C1)N2)Nc1ccc2nc(-c3ccco3)[nH]c2c1. The van der Waals surface area contributed by atoms with E-state index in [2.05, 4.69) is 20.6 Å². The van der Waals surface area contributed by atoms with Crippen LogP contribution in [0.4, 0.5) is 5.69 Å². The highest BCUT2D eigenvalue weighted by molar-refractivity contribution is 5.93. The fourth-order valence-electron chi connectivity index (χ4n) is 4.43. The van der Waals surface area contributed by atoms with Crippen molar-refractivity contribution in [2.24, 2.45) is 5.92 Å². The highest BCUT2D eigenvalue weighted by atomic mass is 35.5. The molecule has 4 heterocycles. The molecule has 3 aromatic rings. The number of amides is 1. The highest BCUT2D eigenvalue weighted by Gasteiger charge is 2.34. The number of carbonyl (C=O) groups is 1. The van der Waals surface area contributed by atoms with Crippen LogP contribution in [0.2, 0.25) is 0 Å². The molecule has 6 nitrogen and oxygen atoms in total. The summed E-state index contributed by atoms with van der Waals surface area (Å²) in [4.78, 5) is 20.2. The minimum atomic E-state index is 0. The third kappa shape index (κ3) is 4.19. The number of piperidine rings is 1. The molecule has 2 saturated heterocycles. The van der Waals surface area contributed by atoms with Gasteiger partial charge in [-0.3, -0.25) is 4.79 Å². The van der Waals surface area contributed by atoms with Crippen molar-refractivity contribution in [1.82, 2.24) is 15.3 Å². The van der Waals surface area contributed by atoms with E-state index in [1.165, 1.54) is 12.8 Å². The Morgan fingerprint density at radius 3 is 2.68 bits per heavy atom. The van der Waals surface area contributed by atoms with Gasteiger partial charge in [-0.15, -0.1) is 24.8 Å². The van der Waals surface area contributed by atoms with Gasteiger partial charge < -0.3 is 20.0 Å². The Balaban J connectivity index is 0.00000112. The van der Waals surface area contributed by atoms with E-state index < -0.39 is 0 Å². The van der Waals surface area contributed by atoms with Crippen LogP contribution in [0, 0.1) is 5.92 Å². The van der Waals surface area contributed by atoms with Gasteiger partial charge in [-0.05, 0) is 61.9 Å². The predicted molar refractivity (Wildman–Crippen MR) is 114 cm³/mol. The number of aromatic amines is 1. The largest absolute Gasteiger partial charge is 0.461 e. The molecule has 0 spiro atoms. The number of fused-ring (bicyclic) bond motifs is 3. The van der Waals surface area contributed by atoms with Crippen molar-refractivity contribution in [3.8, 4) is 11.6 Å². The van der Waals surface area contributed by atoms with Gasteiger partial charge in [0.1, 0.15) is 0 Å². The Labute approximate surface area is 175 Å². The van der Waals surface area contributed by atoms with Gasteiger partial charge in [-0.1, -0.05) is 0 Å². The lowest BCUT2D eigenvalue weighted by Crippen LogP contribution is -2.39. The minimum Gasteiger partial charge on any atom is -0.461 e. The number of hydrogen-bond donors (Lipinski definition) is 3. The summed E-state index contributed by atoms with van der Waals surface area (Å²) >= 11 is 0. The number of anilines is 1. The molecule has 3 N–H and O–H groups in total. The summed E-state index contributed by atoms with van der Waals surface area (Å²) in [5.74, 6) is 1.99. The Hall–Kier alpha value is -2.02. The number of H-pyrrole nitrogens is 1. The summed E-state index contributed by atoms with van der Waals surface area (Å²) in [7, 11) is 0. The monoisotopic (exact) mass is 422 g/mol. The van der Waals surface area contributed by atoms with Gasteiger partial charge >= 0.3 is 0 Å². The highest BCUT2D eigenvalue weighted by Crippen LogP contribution is 2.33. The predicted octanol–water partition coefficient (Wildman–Crippen LogP) is 4.53. The number of hydrogen-bond acceptors (Lipinski definition) is 4. The maximum absolute atomic E-state index is 12.5. The number of benzene rings is 1. The van der Waals surface area contributed by atoms with Gasteiger partial charge in [0.15, 0.2) is 11.6 Å². The van der Waals surface area contributed by atoms with E-state index in [4.69, 9.17) is 4.42 Å². The van der Waals surface area contributed by atoms with Crippen LogP contribution in [0.5, 0.6) is 0 Å². The van der Waals surface area contributed by atoms with Crippen molar-refractivity contribution in [2.75, 3.05) is 5.32 Å². The third-order valence-electron chi connectivity index (χ3n) is 5.56. The molecule has 0 saturated carbocycles. The first-order chi connectivity index (χ1) is 12.7. The molecular weight excluding hydrogens is 399 g/mol. The second kappa shape index (κ2) is 8.55. The van der Waals surface area contributed by atoms with Crippen molar-refractivity contribution < 1.29 is 9.21 Å². The second-order valence-electron chi connectivity index (χ2n) is 7.52. The number of nitrogens with one attached hydrogen (secondary N) is 3. The number of carbonyl (C=O) groups excluding carboxylic acids is 1. The number of nitrogens with zero attached hydrogens (tertiary/aromatic N) is 1. The number of furan rings is 1. The smallest absolute Gasteiger partial charge is 0.224 e. The molecule has 2 atom stereocenters. The van der Waals surface area contributed by atoms with Crippen LogP contribution in [0.25, 0.3) is 22.6 Å².